The summed E-state index contributed by atoms with van der Waals surface area (Å²) in [5, 5.41) is 0. The van der Waals surface area contributed by atoms with Crippen LogP contribution in [0.3, 0.4) is 0 Å². The van der Waals surface area contributed by atoms with E-state index in [1.807, 2.05) is 0 Å². The lowest BCUT2D eigenvalue weighted by Crippen LogP contribution is -2.20. The second-order valence-corrected chi connectivity index (χ2v) is 4.71. The van der Waals surface area contributed by atoms with Gasteiger partial charge < -0.3 is 4.74 Å². The number of hydrogen-bond donors (Lipinski definition) is 0. The molecule has 0 spiro atoms. The minimum absolute atomic E-state index is 0.0986. The van der Waals surface area contributed by atoms with E-state index in [0.717, 1.165) is 13.0 Å². The van der Waals surface area contributed by atoms with Gasteiger partial charge in [0.05, 0.1) is 0 Å². The Kier molecular flexibility index (Phi) is 4.58. The lowest BCUT2D eigenvalue weighted by atomic mass is 10.1. The third kappa shape index (κ3) is 4.80. The standard InChI is InChI=1S/C11H10BrF5O/c1-10(13,14)9(12)7-3-2-4-8(5-7)18-6-11(15,16)17/h2-5,9H,6H2,1H3. The van der Waals surface area contributed by atoms with E-state index in [9.17, 15) is 22.0 Å². The van der Waals surface area contributed by atoms with Crippen molar-refractivity contribution in [3.8, 4) is 5.75 Å². The Morgan fingerprint density at radius 2 is 1.83 bits per heavy atom. The van der Waals surface area contributed by atoms with Crippen LogP contribution in [0, 0.1) is 0 Å². The van der Waals surface area contributed by atoms with Gasteiger partial charge in [0.1, 0.15) is 10.6 Å². The van der Waals surface area contributed by atoms with Crippen LogP contribution in [-0.2, 0) is 0 Å². The van der Waals surface area contributed by atoms with Crippen LogP contribution in [0.2, 0.25) is 0 Å². The fraction of sp³-hybridized carbons (Fsp3) is 0.455. The fourth-order valence-corrected chi connectivity index (χ4v) is 1.50. The van der Waals surface area contributed by atoms with E-state index in [1.165, 1.54) is 18.2 Å². The SMILES string of the molecule is CC(F)(F)C(Br)c1cccc(OCC(F)(F)F)c1. The molecule has 1 rings (SSSR count). The quantitative estimate of drug-likeness (QED) is 0.572. The molecule has 18 heavy (non-hydrogen) atoms. The zero-order valence-corrected chi connectivity index (χ0v) is 10.9. The predicted molar refractivity (Wildman–Crippen MR) is 60.3 cm³/mol. The van der Waals surface area contributed by atoms with Crippen LogP contribution in [0.5, 0.6) is 5.75 Å². The molecule has 1 aromatic rings. The Morgan fingerprint density at radius 1 is 1.22 bits per heavy atom. The highest BCUT2D eigenvalue weighted by Gasteiger charge is 2.33. The third-order valence-corrected chi connectivity index (χ3v) is 3.33. The fourth-order valence-electron chi connectivity index (χ4n) is 1.22. The molecule has 1 nitrogen and oxygen atoms in total. The van der Waals surface area contributed by atoms with Gasteiger partial charge in [-0.3, -0.25) is 0 Å². The first kappa shape index (κ1) is 15.2. The minimum atomic E-state index is -4.46. The van der Waals surface area contributed by atoms with Crippen molar-refractivity contribution in [3.63, 3.8) is 0 Å². The molecule has 0 aliphatic heterocycles. The molecule has 0 amide bonds. The predicted octanol–water partition coefficient (Wildman–Crippen LogP) is 4.72. The van der Waals surface area contributed by atoms with Crippen molar-refractivity contribution in [2.24, 2.45) is 0 Å². The molecule has 102 valence electrons. The molecular formula is C11H10BrF5O. The van der Waals surface area contributed by atoms with Gasteiger partial charge in [-0.2, -0.15) is 13.2 Å². The molecule has 0 aliphatic carbocycles. The summed E-state index contributed by atoms with van der Waals surface area (Å²) in [7, 11) is 0. The van der Waals surface area contributed by atoms with Gasteiger partial charge in [-0.25, -0.2) is 8.78 Å². The maximum Gasteiger partial charge on any atom is 0.422 e. The van der Waals surface area contributed by atoms with Crippen molar-refractivity contribution < 1.29 is 26.7 Å². The summed E-state index contributed by atoms with van der Waals surface area (Å²) in [6.07, 6.45) is -4.46. The Hall–Kier alpha value is -0.850. The molecule has 7 heteroatoms. The number of benzene rings is 1. The van der Waals surface area contributed by atoms with Crippen LogP contribution < -0.4 is 4.74 Å². The average Bonchev–Trinajstić information content (AvgIpc) is 2.23. The van der Waals surface area contributed by atoms with E-state index < -0.39 is 23.5 Å². The summed E-state index contributed by atoms with van der Waals surface area (Å²) >= 11 is 2.80. The molecule has 0 bridgehead atoms. The van der Waals surface area contributed by atoms with Crippen molar-refractivity contribution in [1.29, 1.82) is 0 Å². The zero-order valence-electron chi connectivity index (χ0n) is 9.27. The molecule has 1 unspecified atom stereocenters. The van der Waals surface area contributed by atoms with Crippen LogP contribution in [0.15, 0.2) is 24.3 Å². The van der Waals surface area contributed by atoms with Gasteiger partial charge in [-0.05, 0) is 17.7 Å². The van der Waals surface area contributed by atoms with Crippen LogP contribution in [0.1, 0.15) is 17.3 Å². The normalized spacial score (nSPS) is 14.4. The summed E-state index contributed by atoms with van der Waals surface area (Å²) in [6, 6.07) is 5.18. The van der Waals surface area contributed by atoms with Crippen LogP contribution in [-0.4, -0.2) is 18.7 Å². The first-order valence-electron chi connectivity index (χ1n) is 4.91. The highest BCUT2D eigenvalue weighted by Crippen LogP contribution is 2.39. The number of halogens is 6. The Labute approximate surface area is 109 Å². The third-order valence-electron chi connectivity index (χ3n) is 2.00. The molecule has 1 aromatic carbocycles. The second-order valence-electron chi connectivity index (χ2n) is 3.80. The van der Waals surface area contributed by atoms with Crippen LogP contribution in [0.4, 0.5) is 22.0 Å². The van der Waals surface area contributed by atoms with E-state index in [4.69, 9.17) is 0 Å². The maximum atomic E-state index is 13.0. The van der Waals surface area contributed by atoms with E-state index in [2.05, 4.69) is 20.7 Å². The first-order valence-corrected chi connectivity index (χ1v) is 5.82. The molecule has 0 fully saturated rings. The molecule has 0 radical (unpaired) electrons. The summed E-state index contributed by atoms with van der Waals surface area (Å²) < 4.78 is 66.4. The van der Waals surface area contributed by atoms with E-state index in [1.54, 1.807) is 0 Å². The van der Waals surface area contributed by atoms with E-state index >= 15 is 0 Å². The van der Waals surface area contributed by atoms with Gasteiger partial charge in [0.25, 0.3) is 5.92 Å². The van der Waals surface area contributed by atoms with Crippen molar-refractivity contribution in [3.05, 3.63) is 29.8 Å². The minimum Gasteiger partial charge on any atom is -0.484 e. The van der Waals surface area contributed by atoms with Gasteiger partial charge in [-0.1, -0.05) is 28.1 Å². The summed E-state index contributed by atoms with van der Waals surface area (Å²) in [6.45, 7) is -0.735. The molecular weight excluding hydrogens is 323 g/mol. The molecule has 0 saturated heterocycles. The monoisotopic (exact) mass is 332 g/mol. The summed E-state index contributed by atoms with van der Waals surface area (Å²) in [5.41, 5.74) is 0.155. The van der Waals surface area contributed by atoms with E-state index in [-0.39, 0.29) is 11.3 Å². The number of hydrogen-bond acceptors (Lipinski definition) is 1. The lowest BCUT2D eigenvalue weighted by Gasteiger charge is -2.18. The number of rotatable bonds is 4. The number of alkyl halides is 6. The van der Waals surface area contributed by atoms with Crippen molar-refractivity contribution in [2.45, 2.75) is 23.8 Å². The molecule has 1 atom stereocenters. The average molecular weight is 333 g/mol. The largest absolute Gasteiger partial charge is 0.484 e. The Balaban J connectivity index is 2.80. The topological polar surface area (TPSA) is 9.23 Å². The van der Waals surface area contributed by atoms with Crippen molar-refractivity contribution >= 4 is 15.9 Å². The molecule has 0 saturated carbocycles. The van der Waals surface area contributed by atoms with Gasteiger partial charge in [0.15, 0.2) is 6.61 Å². The maximum absolute atomic E-state index is 13.0. The Bertz CT molecular complexity index is 399. The van der Waals surface area contributed by atoms with E-state index in [0.29, 0.717) is 0 Å². The zero-order chi connectivity index (χ0) is 14.0. The highest BCUT2D eigenvalue weighted by atomic mass is 79.9. The van der Waals surface area contributed by atoms with Gasteiger partial charge >= 0.3 is 6.18 Å². The smallest absolute Gasteiger partial charge is 0.422 e. The van der Waals surface area contributed by atoms with Crippen LogP contribution in [0.25, 0.3) is 0 Å². The van der Waals surface area contributed by atoms with Gasteiger partial charge in [0, 0.05) is 6.92 Å². The van der Waals surface area contributed by atoms with Crippen LogP contribution >= 0.6 is 15.9 Å². The number of ether oxygens (including phenoxy) is 1. The second kappa shape index (κ2) is 5.42. The molecule has 0 aliphatic rings. The van der Waals surface area contributed by atoms with Gasteiger partial charge in [0.2, 0.25) is 0 Å². The lowest BCUT2D eigenvalue weighted by molar-refractivity contribution is -0.153. The molecule has 0 N–H and O–H groups in total. The Morgan fingerprint density at radius 3 is 2.33 bits per heavy atom. The highest BCUT2D eigenvalue weighted by molar-refractivity contribution is 9.09. The van der Waals surface area contributed by atoms with Gasteiger partial charge in [-0.15, -0.1) is 0 Å². The summed E-state index contributed by atoms with van der Waals surface area (Å²) in [5.74, 6) is -3.12. The first-order chi connectivity index (χ1) is 8.09. The molecule has 0 heterocycles. The van der Waals surface area contributed by atoms with Crippen molar-refractivity contribution in [2.75, 3.05) is 6.61 Å². The molecule has 0 aromatic heterocycles. The summed E-state index contributed by atoms with van der Waals surface area (Å²) in [4.78, 5) is -1.28. The van der Waals surface area contributed by atoms with Crippen molar-refractivity contribution in [1.82, 2.24) is 0 Å².